The second-order valence-electron chi connectivity index (χ2n) is 5.66. The van der Waals surface area contributed by atoms with Crippen molar-refractivity contribution >= 4 is 28.8 Å². The van der Waals surface area contributed by atoms with Crippen LogP contribution < -0.4 is 5.73 Å². The molecule has 0 saturated heterocycles. The van der Waals surface area contributed by atoms with Crippen molar-refractivity contribution in [2.75, 3.05) is 0 Å². The monoisotopic (exact) mass is 346 g/mol. The van der Waals surface area contributed by atoms with Crippen LogP contribution >= 0.6 is 0 Å². The number of H-pyrrole nitrogens is 1. The molecule has 4 rings (SSSR count). The largest absolute Gasteiger partial charge is 0.494 e. The van der Waals surface area contributed by atoms with Crippen LogP contribution in [0.5, 0.6) is 5.88 Å². The summed E-state index contributed by atoms with van der Waals surface area (Å²) in [5.74, 6) is 0.111. The molecule has 0 saturated carbocycles. The quantitative estimate of drug-likeness (QED) is 0.491. The summed E-state index contributed by atoms with van der Waals surface area (Å²) >= 11 is 0. The highest BCUT2D eigenvalue weighted by atomic mass is 16.3. The van der Waals surface area contributed by atoms with E-state index in [0.29, 0.717) is 33.6 Å². The van der Waals surface area contributed by atoms with Crippen LogP contribution in [0.1, 0.15) is 15.9 Å². The number of nitrogens with one attached hydrogen (secondary N) is 1. The van der Waals surface area contributed by atoms with Crippen LogP contribution in [-0.4, -0.2) is 27.2 Å². The van der Waals surface area contributed by atoms with Gasteiger partial charge in [0.25, 0.3) is 0 Å². The molecule has 3 heterocycles. The standard InChI is InChI=1S/C19H14N4O3/c20-17(24)11-3-1-4-13(7-11)21-10-15-14-8-12(16-5-2-6-26-16)9-22-18(14)23-19(15)25/h1-10,25H,(H2,20,24)(H,22,23). The zero-order chi connectivity index (χ0) is 18.1. The van der Waals surface area contributed by atoms with Gasteiger partial charge in [-0.15, -0.1) is 0 Å². The lowest BCUT2D eigenvalue weighted by molar-refractivity contribution is 0.100. The van der Waals surface area contributed by atoms with Gasteiger partial charge in [0, 0.05) is 28.9 Å². The van der Waals surface area contributed by atoms with E-state index in [4.69, 9.17) is 10.2 Å². The molecular weight excluding hydrogens is 332 g/mol. The van der Waals surface area contributed by atoms with E-state index in [1.807, 2.05) is 12.1 Å². The Balaban J connectivity index is 1.76. The van der Waals surface area contributed by atoms with E-state index in [1.54, 1.807) is 42.8 Å². The van der Waals surface area contributed by atoms with Crippen LogP contribution in [0.2, 0.25) is 0 Å². The summed E-state index contributed by atoms with van der Waals surface area (Å²) in [6.07, 6.45) is 4.76. The number of aromatic nitrogens is 2. The molecule has 0 unspecified atom stereocenters. The number of benzene rings is 1. The van der Waals surface area contributed by atoms with E-state index in [9.17, 15) is 9.90 Å². The van der Waals surface area contributed by atoms with Crippen molar-refractivity contribution in [1.29, 1.82) is 0 Å². The third kappa shape index (κ3) is 2.82. The van der Waals surface area contributed by atoms with Gasteiger partial charge in [0.05, 0.1) is 17.5 Å². The zero-order valence-corrected chi connectivity index (χ0v) is 13.5. The Bertz CT molecular complexity index is 1130. The molecular formula is C19H14N4O3. The Morgan fingerprint density at radius 1 is 1.27 bits per heavy atom. The van der Waals surface area contributed by atoms with Gasteiger partial charge < -0.3 is 20.2 Å². The van der Waals surface area contributed by atoms with Crippen LogP contribution in [0, 0.1) is 0 Å². The first-order valence-electron chi connectivity index (χ1n) is 7.80. The molecule has 0 radical (unpaired) electrons. The summed E-state index contributed by atoms with van der Waals surface area (Å²) in [4.78, 5) is 22.7. The average molecular weight is 346 g/mol. The number of carbonyl (C=O) groups is 1. The molecule has 7 heteroatoms. The number of hydrogen-bond donors (Lipinski definition) is 3. The molecule has 0 fully saturated rings. The Hall–Kier alpha value is -3.87. The van der Waals surface area contributed by atoms with E-state index >= 15 is 0 Å². The van der Waals surface area contributed by atoms with Crippen molar-refractivity contribution in [1.82, 2.24) is 9.97 Å². The zero-order valence-electron chi connectivity index (χ0n) is 13.5. The molecule has 7 nitrogen and oxygen atoms in total. The number of carbonyl (C=O) groups excluding carboxylic acids is 1. The highest BCUT2D eigenvalue weighted by molar-refractivity contribution is 6.02. The van der Waals surface area contributed by atoms with Gasteiger partial charge in [0.2, 0.25) is 5.91 Å². The van der Waals surface area contributed by atoms with Crippen molar-refractivity contribution in [2.45, 2.75) is 0 Å². The maximum atomic E-state index is 11.3. The van der Waals surface area contributed by atoms with Crippen molar-refractivity contribution < 1.29 is 14.3 Å². The van der Waals surface area contributed by atoms with Gasteiger partial charge in [-0.25, -0.2) is 4.98 Å². The number of aromatic hydroxyl groups is 1. The lowest BCUT2D eigenvalue weighted by Gasteiger charge is -1.99. The van der Waals surface area contributed by atoms with Crippen LogP contribution in [0.3, 0.4) is 0 Å². The fourth-order valence-corrected chi connectivity index (χ4v) is 2.66. The third-order valence-corrected chi connectivity index (χ3v) is 3.95. The van der Waals surface area contributed by atoms with Crippen molar-refractivity contribution in [3.8, 4) is 17.2 Å². The Labute approximate surface area is 147 Å². The summed E-state index contributed by atoms with van der Waals surface area (Å²) in [6, 6.07) is 12.1. The molecule has 0 spiro atoms. The number of nitrogens with two attached hydrogens (primary N) is 1. The first kappa shape index (κ1) is 15.6. The molecule has 1 amide bonds. The SMILES string of the molecule is NC(=O)c1cccc(N=Cc2c(O)[nH]c3ncc(-c4ccco4)cc23)c1. The molecule has 128 valence electrons. The summed E-state index contributed by atoms with van der Waals surface area (Å²) < 4.78 is 5.39. The van der Waals surface area contributed by atoms with Crippen LogP contribution in [0.25, 0.3) is 22.4 Å². The maximum absolute atomic E-state index is 11.3. The van der Waals surface area contributed by atoms with Gasteiger partial charge in [-0.1, -0.05) is 6.07 Å². The fraction of sp³-hybridized carbons (Fsp3) is 0. The molecule has 3 aromatic heterocycles. The molecule has 0 atom stereocenters. The summed E-state index contributed by atoms with van der Waals surface area (Å²) in [5, 5.41) is 10.9. The number of fused-ring (bicyclic) bond motifs is 1. The first-order chi connectivity index (χ1) is 12.6. The number of aliphatic imine (C=N–C) groups is 1. The van der Waals surface area contributed by atoms with Gasteiger partial charge in [0.15, 0.2) is 5.88 Å². The van der Waals surface area contributed by atoms with E-state index in [1.165, 1.54) is 6.21 Å². The Kier molecular flexibility index (Phi) is 3.74. The lowest BCUT2D eigenvalue weighted by atomic mass is 10.1. The van der Waals surface area contributed by atoms with Gasteiger partial charge >= 0.3 is 0 Å². The molecule has 0 aliphatic carbocycles. The third-order valence-electron chi connectivity index (χ3n) is 3.95. The Morgan fingerprint density at radius 2 is 2.15 bits per heavy atom. The molecule has 1 aromatic carbocycles. The summed E-state index contributed by atoms with van der Waals surface area (Å²) in [5.41, 5.74) is 8.00. The van der Waals surface area contributed by atoms with E-state index in [0.717, 1.165) is 5.56 Å². The minimum Gasteiger partial charge on any atom is -0.494 e. The van der Waals surface area contributed by atoms with Gasteiger partial charge in [0.1, 0.15) is 11.4 Å². The fourth-order valence-electron chi connectivity index (χ4n) is 2.66. The Morgan fingerprint density at radius 3 is 2.92 bits per heavy atom. The minimum atomic E-state index is -0.524. The predicted molar refractivity (Wildman–Crippen MR) is 97.7 cm³/mol. The topological polar surface area (TPSA) is 118 Å². The van der Waals surface area contributed by atoms with Crippen LogP contribution in [-0.2, 0) is 0 Å². The molecule has 4 N–H and O–H groups in total. The smallest absolute Gasteiger partial charge is 0.248 e. The number of nitrogens with zero attached hydrogens (tertiary/aromatic N) is 2. The van der Waals surface area contributed by atoms with Crippen LogP contribution in [0.4, 0.5) is 5.69 Å². The first-order valence-corrected chi connectivity index (χ1v) is 7.80. The molecule has 4 aromatic rings. The highest BCUT2D eigenvalue weighted by Crippen LogP contribution is 2.29. The molecule has 0 aliphatic rings. The van der Waals surface area contributed by atoms with Gasteiger partial charge in [-0.2, -0.15) is 0 Å². The number of amides is 1. The maximum Gasteiger partial charge on any atom is 0.248 e. The minimum absolute atomic E-state index is 0.0427. The number of rotatable bonds is 4. The van der Waals surface area contributed by atoms with E-state index in [2.05, 4.69) is 15.0 Å². The molecule has 0 bridgehead atoms. The normalized spacial score (nSPS) is 11.4. The van der Waals surface area contributed by atoms with Crippen molar-refractivity contribution in [3.63, 3.8) is 0 Å². The summed E-state index contributed by atoms with van der Waals surface area (Å²) in [6.45, 7) is 0. The highest BCUT2D eigenvalue weighted by Gasteiger charge is 2.12. The van der Waals surface area contributed by atoms with E-state index < -0.39 is 5.91 Å². The number of aromatic amines is 1. The predicted octanol–water partition coefficient (Wildman–Crippen LogP) is 3.38. The number of pyridine rings is 1. The molecule has 0 aliphatic heterocycles. The van der Waals surface area contributed by atoms with Gasteiger partial charge in [-0.05, 0) is 36.4 Å². The average Bonchev–Trinajstić information content (AvgIpc) is 3.27. The van der Waals surface area contributed by atoms with Gasteiger partial charge in [-0.3, -0.25) is 9.79 Å². The number of primary amides is 1. The second-order valence-corrected chi connectivity index (χ2v) is 5.66. The number of furan rings is 1. The van der Waals surface area contributed by atoms with E-state index in [-0.39, 0.29) is 5.88 Å². The van der Waals surface area contributed by atoms with Crippen molar-refractivity contribution in [2.24, 2.45) is 10.7 Å². The summed E-state index contributed by atoms with van der Waals surface area (Å²) in [7, 11) is 0. The molecule has 26 heavy (non-hydrogen) atoms. The van der Waals surface area contributed by atoms with Crippen LogP contribution in [0.15, 0.2) is 64.3 Å². The second kappa shape index (κ2) is 6.21. The number of hydrogen-bond acceptors (Lipinski definition) is 5. The lowest BCUT2D eigenvalue weighted by Crippen LogP contribution is -2.10. The van der Waals surface area contributed by atoms with Crippen molar-refractivity contribution in [3.05, 3.63) is 66.1 Å².